The summed E-state index contributed by atoms with van der Waals surface area (Å²) in [6.07, 6.45) is 0.611. The highest BCUT2D eigenvalue weighted by atomic mass is 35.5. The lowest BCUT2D eigenvalue weighted by Gasteiger charge is -2.15. The van der Waals surface area contributed by atoms with E-state index >= 15 is 0 Å². The zero-order valence-electron chi connectivity index (χ0n) is 11.4. The maximum absolute atomic E-state index is 12.4. The summed E-state index contributed by atoms with van der Waals surface area (Å²) in [7, 11) is -3.72. The summed E-state index contributed by atoms with van der Waals surface area (Å²) >= 11 is 7.54. The molecule has 2 N–H and O–H groups in total. The number of halogens is 1. The molecular weight excluding hydrogens is 330 g/mol. The average Bonchev–Trinajstić information content (AvgIpc) is 2.91. The fourth-order valence-corrected chi connectivity index (χ4v) is 4.46. The molecule has 1 atom stereocenters. The second kappa shape index (κ2) is 6.89. The first-order valence-electron chi connectivity index (χ1n) is 6.35. The molecule has 0 saturated heterocycles. The Kier molecular flexibility index (Phi) is 5.40. The third kappa shape index (κ3) is 4.28. The summed E-state index contributed by atoms with van der Waals surface area (Å²) in [5.74, 6) is 0. The topological polar surface area (TPSA) is 66.4 Å². The number of sulfonamides is 1. The Morgan fingerprint density at radius 1 is 1.33 bits per heavy atom. The van der Waals surface area contributed by atoms with Crippen LogP contribution in [0.3, 0.4) is 0 Å². The molecule has 0 aliphatic heterocycles. The van der Waals surface area contributed by atoms with Gasteiger partial charge in [-0.15, -0.1) is 0 Å². The van der Waals surface area contributed by atoms with Crippen molar-refractivity contribution in [2.75, 3.05) is 0 Å². The van der Waals surface area contributed by atoms with E-state index in [-0.39, 0.29) is 22.6 Å². The Bertz CT molecular complexity index is 699. The first kappa shape index (κ1) is 16.5. The third-order valence-corrected chi connectivity index (χ3v) is 5.75. The number of aliphatic hydroxyl groups is 1. The predicted molar refractivity (Wildman–Crippen MR) is 85.2 cm³/mol. The molecule has 1 heterocycles. The van der Waals surface area contributed by atoms with Crippen molar-refractivity contribution < 1.29 is 13.5 Å². The van der Waals surface area contributed by atoms with Crippen LogP contribution in [0.1, 0.15) is 18.1 Å². The van der Waals surface area contributed by atoms with E-state index in [1.54, 1.807) is 24.3 Å². The Labute approximate surface area is 133 Å². The first-order valence-corrected chi connectivity index (χ1v) is 9.15. The molecule has 1 unspecified atom stereocenters. The van der Waals surface area contributed by atoms with E-state index in [0.29, 0.717) is 12.0 Å². The quantitative estimate of drug-likeness (QED) is 0.846. The highest BCUT2D eigenvalue weighted by Gasteiger charge is 2.21. The number of nitrogens with one attached hydrogen (secondary N) is 1. The zero-order chi connectivity index (χ0) is 15.5. The molecule has 0 aliphatic rings. The van der Waals surface area contributed by atoms with Crippen molar-refractivity contribution in [3.05, 3.63) is 51.2 Å². The van der Waals surface area contributed by atoms with Crippen molar-refractivity contribution in [1.29, 1.82) is 0 Å². The highest BCUT2D eigenvalue weighted by Crippen LogP contribution is 2.23. The van der Waals surface area contributed by atoms with Gasteiger partial charge in [-0.2, -0.15) is 11.3 Å². The van der Waals surface area contributed by atoms with Crippen LogP contribution < -0.4 is 4.72 Å². The van der Waals surface area contributed by atoms with Gasteiger partial charge in [0.2, 0.25) is 10.0 Å². The number of hydrogen-bond donors (Lipinski definition) is 2. The van der Waals surface area contributed by atoms with Gasteiger partial charge in [0.05, 0.1) is 11.6 Å². The van der Waals surface area contributed by atoms with Crippen molar-refractivity contribution in [2.45, 2.75) is 30.9 Å². The van der Waals surface area contributed by atoms with Crippen molar-refractivity contribution in [1.82, 2.24) is 4.72 Å². The van der Waals surface area contributed by atoms with Gasteiger partial charge in [-0.3, -0.25) is 0 Å². The van der Waals surface area contributed by atoms with Gasteiger partial charge in [0.25, 0.3) is 0 Å². The van der Waals surface area contributed by atoms with Gasteiger partial charge in [0.15, 0.2) is 0 Å². The molecule has 1 aromatic carbocycles. The Morgan fingerprint density at radius 2 is 2.10 bits per heavy atom. The van der Waals surface area contributed by atoms with Crippen LogP contribution in [0.5, 0.6) is 0 Å². The maximum Gasteiger partial charge on any atom is 0.242 e. The number of thiophene rings is 1. The van der Waals surface area contributed by atoms with Gasteiger partial charge in [-0.05, 0) is 53.4 Å². The minimum atomic E-state index is -3.72. The average molecular weight is 346 g/mol. The lowest BCUT2D eigenvalue weighted by atomic mass is 10.1. The van der Waals surface area contributed by atoms with Gasteiger partial charge in [-0.1, -0.05) is 17.7 Å². The summed E-state index contributed by atoms with van der Waals surface area (Å²) < 4.78 is 27.4. The fraction of sp³-hybridized carbons (Fsp3) is 0.286. The summed E-state index contributed by atoms with van der Waals surface area (Å²) in [6.45, 7) is 1.57. The van der Waals surface area contributed by atoms with E-state index in [2.05, 4.69) is 4.72 Å². The lowest BCUT2D eigenvalue weighted by molar-refractivity contribution is 0.281. The predicted octanol–water partition coefficient (Wildman–Crippen LogP) is 2.80. The molecule has 2 aromatic rings. The molecule has 0 radical (unpaired) electrons. The standard InChI is InChI=1S/C14H16ClNO3S2/c1-10(6-12-4-5-20-9-12)16-21(18,19)14-7-11(8-17)2-3-13(14)15/h2-5,7,9-10,16-17H,6,8H2,1H3. The van der Waals surface area contributed by atoms with Crippen LogP contribution in [-0.4, -0.2) is 19.6 Å². The monoisotopic (exact) mass is 345 g/mol. The van der Waals surface area contributed by atoms with Gasteiger partial charge in [0.1, 0.15) is 4.90 Å². The molecule has 0 spiro atoms. The Balaban J connectivity index is 2.18. The maximum atomic E-state index is 12.4. The van der Waals surface area contributed by atoms with Gasteiger partial charge in [-0.25, -0.2) is 13.1 Å². The van der Waals surface area contributed by atoms with Gasteiger partial charge < -0.3 is 5.11 Å². The molecule has 2 rings (SSSR count). The molecule has 0 bridgehead atoms. The van der Waals surface area contributed by atoms with Crippen LogP contribution in [0.25, 0.3) is 0 Å². The molecule has 0 fully saturated rings. The van der Waals surface area contributed by atoms with E-state index < -0.39 is 10.0 Å². The first-order chi connectivity index (χ1) is 9.92. The third-order valence-electron chi connectivity index (χ3n) is 2.95. The van der Waals surface area contributed by atoms with Crippen molar-refractivity contribution >= 4 is 33.0 Å². The summed E-state index contributed by atoms with van der Waals surface area (Å²) in [5.41, 5.74) is 1.59. The summed E-state index contributed by atoms with van der Waals surface area (Å²) in [4.78, 5) is -0.00659. The fourth-order valence-electron chi connectivity index (χ4n) is 1.98. The van der Waals surface area contributed by atoms with Crippen LogP contribution in [0, 0.1) is 0 Å². The molecule has 4 nitrogen and oxygen atoms in total. The highest BCUT2D eigenvalue weighted by molar-refractivity contribution is 7.89. The molecule has 7 heteroatoms. The minimum Gasteiger partial charge on any atom is -0.392 e. The second-order valence-corrected chi connectivity index (χ2v) is 7.65. The normalized spacial score (nSPS) is 13.3. The minimum absolute atomic E-state index is 0.00659. The number of rotatable bonds is 6. The number of hydrogen-bond acceptors (Lipinski definition) is 4. The number of benzene rings is 1. The zero-order valence-corrected chi connectivity index (χ0v) is 13.8. The van der Waals surface area contributed by atoms with Crippen molar-refractivity contribution in [3.8, 4) is 0 Å². The van der Waals surface area contributed by atoms with Crippen molar-refractivity contribution in [3.63, 3.8) is 0 Å². The van der Waals surface area contributed by atoms with E-state index in [1.165, 1.54) is 12.1 Å². The van der Waals surface area contributed by atoms with E-state index in [4.69, 9.17) is 16.7 Å². The SMILES string of the molecule is CC(Cc1ccsc1)NS(=O)(=O)c1cc(CO)ccc1Cl. The molecule has 21 heavy (non-hydrogen) atoms. The second-order valence-electron chi connectivity index (χ2n) is 4.78. The molecule has 1 aromatic heterocycles. The van der Waals surface area contributed by atoms with Crippen LogP contribution >= 0.6 is 22.9 Å². The van der Waals surface area contributed by atoms with Gasteiger partial charge >= 0.3 is 0 Å². The molecule has 0 saturated carbocycles. The van der Waals surface area contributed by atoms with E-state index in [0.717, 1.165) is 5.56 Å². The van der Waals surface area contributed by atoms with E-state index in [9.17, 15) is 8.42 Å². The molecular formula is C14H16ClNO3S2. The lowest BCUT2D eigenvalue weighted by Crippen LogP contribution is -2.34. The van der Waals surface area contributed by atoms with Crippen LogP contribution in [-0.2, 0) is 23.1 Å². The van der Waals surface area contributed by atoms with Crippen LogP contribution in [0.4, 0.5) is 0 Å². The molecule has 0 amide bonds. The molecule has 0 aliphatic carbocycles. The van der Waals surface area contributed by atoms with Gasteiger partial charge in [0, 0.05) is 6.04 Å². The Morgan fingerprint density at radius 3 is 2.71 bits per heavy atom. The molecule has 114 valence electrons. The van der Waals surface area contributed by atoms with Crippen molar-refractivity contribution in [2.24, 2.45) is 0 Å². The summed E-state index contributed by atoms with van der Waals surface area (Å²) in [5, 5.41) is 13.2. The Hall–Kier alpha value is -0.920. The van der Waals surface area contributed by atoms with E-state index in [1.807, 2.05) is 16.8 Å². The van der Waals surface area contributed by atoms with Crippen LogP contribution in [0.2, 0.25) is 5.02 Å². The largest absolute Gasteiger partial charge is 0.392 e. The smallest absolute Gasteiger partial charge is 0.242 e. The summed E-state index contributed by atoms with van der Waals surface area (Å²) in [6, 6.07) is 6.18. The number of aliphatic hydroxyl groups excluding tert-OH is 1. The van der Waals surface area contributed by atoms with Crippen LogP contribution in [0.15, 0.2) is 39.9 Å².